The first kappa shape index (κ1) is 15.3. The topological polar surface area (TPSA) is 63.4 Å². The Morgan fingerprint density at radius 1 is 1.30 bits per heavy atom. The minimum atomic E-state index is -4.58. The zero-order chi connectivity index (χ0) is 15.3. The molecule has 0 spiro atoms. The van der Waals surface area contributed by atoms with Crippen molar-refractivity contribution in [2.24, 2.45) is 5.73 Å². The third-order valence-electron chi connectivity index (χ3n) is 3.28. The average molecular weight is 308 g/mol. The highest BCUT2D eigenvalue weighted by molar-refractivity contribution is 7.89. The van der Waals surface area contributed by atoms with Crippen molar-refractivity contribution in [3.63, 3.8) is 0 Å². The van der Waals surface area contributed by atoms with Crippen LogP contribution in [0.1, 0.15) is 18.1 Å². The summed E-state index contributed by atoms with van der Waals surface area (Å²) < 4.78 is 64.1. The summed E-state index contributed by atoms with van der Waals surface area (Å²) in [4.78, 5) is -0.317. The minimum Gasteiger partial charge on any atom is -0.323 e. The molecule has 0 saturated carbocycles. The van der Waals surface area contributed by atoms with Gasteiger partial charge in [-0.3, -0.25) is 0 Å². The molecule has 112 valence electrons. The molecule has 4 nitrogen and oxygen atoms in total. The van der Waals surface area contributed by atoms with Gasteiger partial charge < -0.3 is 5.73 Å². The highest BCUT2D eigenvalue weighted by atomic mass is 32.2. The van der Waals surface area contributed by atoms with Gasteiger partial charge in [0.25, 0.3) is 0 Å². The maximum absolute atomic E-state index is 12.8. The lowest BCUT2D eigenvalue weighted by atomic mass is 9.97. The van der Waals surface area contributed by atoms with E-state index in [1.165, 1.54) is 6.07 Å². The Morgan fingerprint density at radius 3 is 2.30 bits per heavy atom. The Bertz CT molecular complexity index is 631. The van der Waals surface area contributed by atoms with Crippen LogP contribution in [0.3, 0.4) is 0 Å². The summed E-state index contributed by atoms with van der Waals surface area (Å²) in [7, 11) is -3.93. The second-order valence-electron chi connectivity index (χ2n) is 5.35. The maximum atomic E-state index is 12.8. The van der Waals surface area contributed by atoms with Crippen LogP contribution in [-0.4, -0.2) is 31.4 Å². The summed E-state index contributed by atoms with van der Waals surface area (Å²) in [6, 6.07) is 3.16. The van der Waals surface area contributed by atoms with Crippen molar-refractivity contribution >= 4 is 10.0 Å². The largest absolute Gasteiger partial charge is 0.416 e. The molecule has 0 atom stereocenters. The summed E-state index contributed by atoms with van der Waals surface area (Å²) >= 11 is 0. The van der Waals surface area contributed by atoms with Crippen LogP contribution in [0.2, 0.25) is 0 Å². The van der Waals surface area contributed by atoms with Crippen LogP contribution in [0, 0.1) is 6.92 Å². The molecule has 1 fully saturated rings. The number of nitrogens with two attached hydrogens (primary N) is 1. The molecule has 1 heterocycles. The predicted molar refractivity (Wildman–Crippen MR) is 67.5 cm³/mol. The molecule has 1 aromatic carbocycles. The van der Waals surface area contributed by atoms with Gasteiger partial charge in [0.05, 0.1) is 10.5 Å². The fraction of sp³-hybridized carbons (Fsp3) is 0.500. The Balaban J connectivity index is 2.44. The van der Waals surface area contributed by atoms with Crippen molar-refractivity contribution < 1.29 is 21.6 Å². The summed E-state index contributed by atoms with van der Waals surface area (Å²) in [5.74, 6) is 0. The van der Waals surface area contributed by atoms with Crippen LogP contribution in [-0.2, 0) is 16.2 Å². The molecule has 1 aliphatic rings. The molecule has 1 saturated heterocycles. The van der Waals surface area contributed by atoms with Crippen molar-refractivity contribution in [1.29, 1.82) is 0 Å². The number of nitrogens with zero attached hydrogens (tertiary/aromatic N) is 1. The molecule has 8 heteroatoms. The molecule has 0 amide bonds. The number of halogens is 3. The lowest BCUT2D eigenvalue weighted by Gasteiger charge is -2.44. The highest BCUT2D eigenvalue weighted by Crippen LogP contribution is 2.36. The van der Waals surface area contributed by atoms with E-state index >= 15 is 0 Å². The summed E-state index contributed by atoms with van der Waals surface area (Å²) in [6.45, 7) is 3.06. The van der Waals surface area contributed by atoms with Gasteiger partial charge >= 0.3 is 6.18 Å². The van der Waals surface area contributed by atoms with E-state index in [2.05, 4.69) is 0 Å². The molecule has 0 aliphatic carbocycles. The SMILES string of the molecule is Cc1c(C(F)(F)F)cccc1S(=O)(=O)N1CC(C)(N)C1. The van der Waals surface area contributed by atoms with Crippen LogP contribution >= 0.6 is 0 Å². The molecule has 0 radical (unpaired) electrons. The van der Waals surface area contributed by atoms with Crippen LogP contribution < -0.4 is 5.73 Å². The molecule has 20 heavy (non-hydrogen) atoms. The third kappa shape index (κ3) is 2.55. The molecule has 2 N–H and O–H groups in total. The van der Waals surface area contributed by atoms with E-state index in [1.807, 2.05) is 0 Å². The Hall–Kier alpha value is -1.12. The predicted octanol–water partition coefficient (Wildman–Crippen LogP) is 1.74. The van der Waals surface area contributed by atoms with Gasteiger partial charge in [-0.15, -0.1) is 0 Å². The molecule has 2 rings (SSSR count). The fourth-order valence-corrected chi connectivity index (χ4v) is 4.22. The Kier molecular flexibility index (Phi) is 3.39. The molecular weight excluding hydrogens is 293 g/mol. The van der Waals surface area contributed by atoms with Crippen molar-refractivity contribution in [2.45, 2.75) is 30.5 Å². The smallest absolute Gasteiger partial charge is 0.323 e. The van der Waals surface area contributed by atoms with Gasteiger partial charge in [-0.1, -0.05) is 6.07 Å². The van der Waals surface area contributed by atoms with Gasteiger partial charge in [-0.05, 0) is 31.5 Å². The third-order valence-corrected chi connectivity index (χ3v) is 5.22. The molecule has 0 bridgehead atoms. The molecule has 0 aromatic heterocycles. The summed E-state index contributed by atoms with van der Waals surface area (Å²) in [5.41, 5.74) is 3.89. The summed E-state index contributed by atoms with van der Waals surface area (Å²) in [6.07, 6.45) is -4.58. The van der Waals surface area contributed by atoms with Gasteiger partial charge in [-0.2, -0.15) is 17.5 Å². The molecule has 0 unspecified atom stereocenters. The number of rotatable bonds is 2. The molecular formula is C12H15F3N2O2S. The first-order valence-corrected chi connectivity index (χ1v) is 7.35. The number of hydrogen-bond donors (Lipinski definition) is 1. The lowest BCUT2D eigenvalue weighted by molar-refractivity contribution is -0.138. The first-order chi connectivity index (χ1) is 8.95. The van der Waals surface area contributed by atoms with Gasteiger partial charge in [0.2, 0.25) is 10.0 Å². The van der Waals surface area contributed by atoms with Gasteiger partial charge in [0.1, 0.15) is 0 Å². The van der Waals surface area contributed by atoms with Crippen LogP contribution in [0.4, 0.5) is 13.2 Å². The Labute approximate surface area is 115 Å². The average Bonchev–Trinajstić information content (AvgIpc) is 2.24. The zero-order valence-electron chi connectivity index (χ0n) is 11.0. The van der Waals surface area contributed by atoms with E-state index in [9.17, 15) is 21.6 Å². The van der Waals surface area contributed by atoms with Crippen LogP contribution in [0.15, 0.2) is 23.1 Å². The van der Waals surface area contributed by atoms with Gasteiger partial charge in [-0.25, -0.2) is 8.42 Å². The van der Waals surface area contributed by atoms with Gasteiger partial charge in [0, 0.05) is 18.6 Å². The fourth-order valence-electron chi connectivity index (χ4n) is 2.27. The number of benzene rings is 1. The number of sulfonamides is 1. The van der Waals surface area contributed by atoms with E-state index in [-0.39, 0.29) is 23.5 Å². The zero-order valence-corrected chi connectivity index (χ0v) is 11.8. The van der Waals surface area contributed by atoms with Crippen LogP contribution in [0.25, 0.3) is 0 Å². The first-order valence-electron chi connectivity index (χ1n) is 5.91. The van der Waals surface area contributed by atoms with Crippen molar-refractivity contribution in [2.75, 3.05) is 13.1 Å². The van der Waals surface area contributed by atoms with Gasteiger partial charge in [0.15, 0.2) is 0 Å². The number of hydrogen-bond acceptors (Lipinski definition) is 3. The normalized spacial score (nSPS) is 19.7. The minimum absolute atomic E-state index is 0.102. The second-order valence-corrected chi connectivity index (χ2v) is 7.26. The quantitative estimate of drug-likeness (QED) is 0.905. The second kappa shape index (κ2) is 4.44. The number of alkyl halides is 3. The van der Waals surface area contributed by atoms with E-state index in [0.29, 0.717) is 0 Å². The van der Waals surface area contributed by atoms with Crippen molar-refractivity contribution in [1.82, 2.24) is 4.31 Å². The Morgan fingerprint density at radius 2 is 1.85 bits per heavy atom. The van der Waals surface area contributed by atoms with Crippen molar-refractivity contribution in [3.8, 4) is 0 Å². The van der Waals surface area contributed by atoms with E-state index in [1.54, 1.807) is 6.92 Å². The maximum Gasteiger partial charge on any atom is 0.416 e. The van der Waals surface area contributed by atoms with E-state index in [4.69, 9.17) is 5.73 Å². The summed E-state index contributed by atoms with van der Waals surface area (Å²) in [5, 5.41) is 0. The monoisotopic (exact) mass is 308 g/mol. The van der Waals surface area contributed by atoms with E-state index in [0.717, 1.165) is 23.4 Å². The van der Waals surface area contributed by atoms with E-state index < -0.39 is 27.3 Å². The molecule has 1 aromatic rings. The molecule has 1 aliphatic heterocycles. The highest BCUT2D eigenvalue weighted by Gasteiger charge is 2.44. The van der Waals surface area contributed by atoms with Crippen LogP contribution in [0.5, 0.6) is 0 Å². The van der Waals surface area contributed by atoms with Crippen molar-refractivity contribution in [3.05, 3.63) is 29.3 Å². The lowest BCUT2D eigenvalue weighted by Crippen LogP contribution is -2.66. The standard InChI is InChI=1S/C12H15F3N2O2S/c1-8-9(12(13,14)15)4-3-5-10(8)20(18,19)17-6-11(2,16)7-17/h3-5H,6-7,16H2,1-2H3.